The molecule has 2 aliphatic carbocycles. The maximum Gasteiger partial charge on any atom is 0.252 e. The smallest absolute Gasteiger partial charge is 0.252 e. The third kappa shape index (κ3) is 6.73. The van der Waals surface area contributed by atoms with E-state index in [1.54, 1.807) is 23.2 Å². The van der Waals surface area contributed by atoms with Gasteiger partial charge >= 0.3 is 0 Å². The molecule has 0 radical (unpaired) electrons. The SMILES string of the molecule is [2H]c1c([2H])c(C(C)(C)C)c([2H])c([2H])c1N1c2c([2H])c([2H])c(C(C)(C)C)c([2H])c2B2c3c1c([2H])c(C)c([2H])c3N(c1c([2H])c([2H])c3sc4c(c3c1[2H])C(C)(C)CCC4(C)C)c1c2c([2H])c(C(C)(C)C)c2sc3c(c12)C(C)(C)CCC3(C)C. The van der Waals surface area contributed by atoms with Gasteiger partial charge in [0.15, 0.2) is 0 Å². The van der Waals surface area contributed by atoms with Crippen LogP contribution in [0.5, 0.6) is 0 Å². The summed E-state index contributed by atoms with van der Waals surface area (Å²) in [6.45, 7) is 35.5. The number of fused-ring (bicyclic) bond motifs is 11. The third-order valence-electron chi connectivity index (χ3n) is 15.7. The Morgan fingerprint density at radius 1 is 0.529 bits per heavy atom. The van der Waals surface area contributed by atoms with E-state index in [1.807, 2.05) is 41.5 Å². The highest BCUT2D eigenvalue weighted by Gasteiger charge is 2.49. The molecule has 0 N–H and O–H groups in total. The second-order valence-electron chi connectivity index (χ2n) is 26.1. The molecule has 0 bridgehead atoms. The summed E-state index contributed by atoms with van der Waals surface area (Å²) < 4.78 is 135. The minimum Gasteiger partial charge on any atom is -0.311 e. The molecule has 2 aliphatic heterocycles. The monoisotopic (exact) mass is 948 g/mol. The molecule has 4 aliphatic rings. The molecule has 7 aromatic rings. The van der Waals surface area contributed by atoms with Crippen molar-refractivity contribution in [2.45, 2.75) is 188 Å². The number of anilines is 6. The van der Waals surface area contributed by atoms with Gasteiger partial charge in [-0.2, -0.15) is 0 Å². The Hall–Kier alpha value is -4.32. The Labute approximate surface area is 435 Å². The molecule has 0 saturated carbocycles. The lowest BCUT2D eigenvalue weighted by Crippen LogP contribution is -2.62. The summed E-state index contributed by atoms with van der Waals surface area (Å²) in [7, 11) is 0. The minimum atomic E-state index is -1.23. The zero-order valence-electron chi connectivity index (χ0n) is 56.6. The molecule has 2 nitrogen and oxygen atoms in total. The van der Waals surface area contributed by atoms with Gasteiger partial charge in [0.25, 0.3) is 6.71 Å². The molecule has 0 unspecified atom stereocenters. The van der Waals surface area contributed by atoms with Crippen molar-refractivity contribution in [2.24, 2.45) is 0 Å². The van der Waals surface area contributed by atoms with E-state index >= 15 is 0 Å². The van der Waals surface area contributed by atoms with Gasteiger partial charge in [0.05, 0.1) is 23.5 Å². The number of hydrogen-bond donors (Lipinski definition) is 0. The highest BCUT2D eigenvalue weighted by molar-refractivity contribution is 7.20. The molecule has 352 valence electrons. The van der Waals surface area contributed by atoms with Crippen molar-refractivity contribution < 1.29 is 17.8 Å². The van der Waals surface area contributed by atoms with Crippen molar-refractivity contribution in [3.63, 3.8) is 0 Å². The van der Waals surface area contributed by atoms with Crippen LogP contribution in [0.4, 0.5) is 34.1 Å². The topological polar surface area (TPSA) is 6.48 Å². The summed E-state index contributed by atoms with van der Waals surface area (Å²) in [4.78, 5) is 5.41. The fraction of sp³-hybridized carbons (Fsp3) is 0.460. The quantitative estimate of drug-likeness (QED) is 0.159. The van der Waals surface area contributed by atoms with Crippen LogP contribution in [0.25, 0.3) is 20.2 Å². The Kier molecular flexibility index (Phi) is 7.05. The highest BCUT2D eigenvalue weighted by Crippen LogP contribution is 2.59. The molecular formula is C63H75BN2S2. The van der Waals surface area contributed by atoms with Crippen LogP contribution in [0.15, 0.2) is 78.6 Å². The van der Waals surface area contributed by atoms with Crippen molar-refractivity contribution in [1.29, 1.82) is 0 Å². The Balaban J connectivity index is 1.48. The maximum atomic E-state index is 11.1. The van der Waals surface area contributed by atoms with E-state index in [-0.39, 0.29) is 133 Å². The summed E-state index contributed by atoms with van der Waals surface area (Å²) >= 11 is 3.16. The van der Waals surface area contributed by atoms with Crippen LogP contribution in [-0.2, 0) is 37.9 Å². The van der Waals surface area contributed by atoms with E-state index in [9.17, 15) is 17.8 Å². The fourth-order valence-electron chi connectivity index (χ4n) is 11.5. The maximum absolute atomic E-state index is 11.1. The van der Waals surface area contributed by atoms with E-state index in [0.29, 0.717) is 21.2 Å². The van der Waals surface area contributed by atoms with Gasteiger partial charge in [0.2, 0.25) is 0 Å². The van der Waals surface area contributed by atoms with Crippen LogP contribution in [0.1, 0.15) is 204 Å². The summed E-state index contributed by atoms with van der Waals surface area (Å²) in [6.07, 6.45) is 3.41. The third-order valence-corrected chi connectivity index (χ3v) is 18.7. The normalized spacial score (nSPS) is 21.6. The zero-order chi connectivity index (χ0) is 60.1. The standard InChI is InChI=1S/C63H75BN2S2/c1-36-31-46-52-47(32-36)66(40-24-26-48-41(34-40)50-55(67-48)62(15,16)29-27-60(50,11)12)53-44(35-42(59(8,9)10)54-49(53)51-56(68-54)63(17,18)30-28-61(51,13)14)64(52)43-33-38(58(5,6)7)21-25-45(43)65(46)39-22-19-37(20-23-39)57(2,3)4/h19-26,31-35H,27-30H2,1-18H3/i19D,20D,21D,22D,23D,24D,25D,26D,31D,32D,33D,34D,35D. The van der Waals surface area contributed by atoms with Gasteiger partial charge < -0.3 is 9.80 Å². The molecule has 11 rings (SSSR count). The molecular weight excluding hydrogens is 860 g/mol. The summed E-state index contributed by atoms with van der Waals surface area (Å²) in [5.74, 6) is 0. The van der Waals surface area contributed by atoms with Gasteiger partial charge in [-0.25, -0.2) is 0 Å². The fourth-order valence-corrected chi connectivity index (χ4v) is 14.7. The first-order valence-electron chi connectivity index (χ1n) is 31.2. The second-order valence-corrected chi connectivity index (χ2v) is 28.2. The molecule has 4 heterocycles. The van der Waals surface area contributed by atoms with Crippen LogP contribution in [-0.4, -0.2) is 6.71 Å². The van der Waals surface area contributed by atoms with Crippen molar-refractivity contribution >= 4 is 100 Å². The highest BCUT2D eigenvalue weighted by atomic mass is 32.1. The van der Waals surface area contributed by atoms with Crippen LogP contribution >= 0.6 is 22.7 Å². The van der Waals surface area contributed by atoms with Crippen LogP contribution in [0, 0.1) is 6.92 Å². The number of benzene rings is 5. The molecule has 68 heavy (non-hydrogen) atoms. The van der Waals surface area contributed by atoms with E-state index in [1.165, 1.54) is 16.2 Å². The minimum absolute atomic E-state index is 0.00147. The second kappa shape index (κ2) is 14.4. The number of thiophene rings is 2. The number of rotatable bonds is 2. The molecule has 5 heteroatoms. The van der Waals surface area contributed by atoms with Crippen molar-refractivity contribution in [2.75, 3.05) is 9.80 Å². The van der Waals surface area contributed by atoms with Gasteiger partial charge in [0, 0.05) is 53.0 Å². The summed E-state index contributed by atoms with van der Waals surface area (Å²) in [6, 6.07) is -2.87. The van der Waals surface area contributed by atoms with Gasteiger partial charge in [-0.05, 0) is 174 Å². The van der Waals surface area contributed by atoms with Gasteiger partial charge in [-0.1, -0.05) is 148 Å². The van der Waals surface area contributed by atoms with Crippen LogP contribution < -0.4 is 26.2 Å². The predicted octanol–water partition coefficient (Wildman–Crippen LogP) is 17.1. The first-order chi connectivity index (χ1) is 37.0. The van der Waals surface area contributed by atoms with Gasteiger partial charge in [0.1, 0.15) is 0 Å². The molecule has 0 atom stereocenters. The van der Waals surface area contributed by atoms with Crippen molar-refractivity contribution in [3.05, 3.63) is 122 Å². The van der Waals surface area contributed by atoms with Crippen molar-refractivity contribution in [1.82, 2.24) is 0 Å². The Morgan fingerprint density at radius 2 is 1.07 bits per heavy atom. The number of nitrogens with zero attached hydrogens (tertiary/aromatic N) is 2. The Morgan fingerprint density at radius 3 is 1.68 bits per heavy atom. The number of hydrogen-bond acceptors (Lipinski definition) is 4. The molecule has 5 aromatic carbocycles. The van der Waals surface area contributed by atoms with E-state index in [2.05, 4.69) is 76.2 Å². The molecule has 0 saturated heterocycles. The van der Waals surface area contributed by atoms with Crippen LogP contribution in [0.3, 0.4) is 0 Å². The van der Waals surface area contributed by atoms with E-state index < -0.39 is 45.9 Å². The van der Waals surface area contributed by atoms with Crippen molar-refractivity contribution in [3.8, 4) is 0 Å². The first-order valence-corrected chi connectivity index (χ1v) is 26.3. The van der Waals surface area contributed by atoms with E-state index in [0.717, 1.165) is 62.2 Å². The Bertz CT molecular complexity index is 4000. The molecule has 2 aromatic heterocycles. The zero-order valence-corrected chi connectivity index (χ0v) is 45.2. The summed E-state index contributed by atoms with van der Waals surface area (Å²) in [5.41, 5.74) is 0.360. The van der Waals surface area contributed by atoms with E-state index in [4.69, 9.17) is 0 Å². The first kappa shape index (κ1) is 33.3. The lowest BCUT2D eigenvalue weighted by molar-refractivity contribution is 0.341. The molecule has 0 amide bonds. The summed E-state index contributed by atoms with van der Waals surface area (Å²) in [5, 5.41) is 1.37. The largest absolute Gasteiger partial charge is 0.311 e. The molecule has 0 spiro atoms. The lowest BCUT2D eigenvalue weighted by Gasteiger charge is -2.46. The average molecular weight is 948 g/mol. The van der Waals surface area contributed by atoms with Gasteiger partial charge in [-0.15, -0.1) is 22.7 Å². The predicted molar refractivity (Wildman–Crippen MR) is 303 cm³/mol. The lowest BCUT2D eigenvalue weighted by atomic mass is 9.33. The van der Waals surface area contributed by atoms with Gasteiger partial charge in [-0.3, -0.25) is 0 Å². The average Bonchev–Trinajstić information content (AvgIpc) is 1.65. The molecule has 0 fully saturated rings. The van der Waals surface area contributed by atoms with Crippen LogP contribution in [0.2, 0.25) is 0 Å².